The molecule has 0 aliphatic carbocycles. The van der Waals surface area contributed by atoms with Gasteiger partial charge in [0.2, 0.25) is 0 Å². The summed E-state index contributed by atoms with van der Waals surface area (Å²) in [6, 6.07) is 13.1. The van der Waals surface area contributed by atoms with Gasteiger partial charge in [0.15, 0.2) is 0 Å². The average molecular weight is 313 g/mol. The van der Waals surface area contributed by atoms with E-state index in [-0.39, 0.29) is 12.4 Å². The number of nitrogens with zero attached hydrogens (tertiary/aromatic N) is 1. The summed E-state index contributed by atoms with van der Waals surface area (Å²) in [6.07, 6.45) is 5.49. The molecular formula is C16H25ClN2S. The lowest BCUT2D eigenvalue weighted by atomic mass is 9.99. The molecule has 1 aromatic carbocycles. The van der Waals surface area contributed by atoms with E-state index in [0.717, 1.165) is 18.1 Å². The third kappa shape index (κ3) is 4.14. The molecule has 4 heteroatoms. The van der Waals surface area contributed by atoms with Crippen molar-refractivity contribution in [1.29, 1.82) is 0 Å². The molecule has 0 spiro atoms. The molecule has 1 N–H and O–H groups in total. The van der Waals surface area contributed by atoms with E-state index in [1.54, 1.807) is 0 Å². The first-order valence-electron chi connectivity index (χ1n) is 7.45. The van der Waals surface area contributed by atoms with Gasteiger partial charge in [0, 0.05) is 35.3 Å². The molecule has 2 fully saturated rings. The van der Waals surface area contributed by atoms with Gasteiger partial charge in [-0.3, -0.25) is 0 Å². The van der Waals surface area contributed by atoms with Gasteiger partial charge < -0.3 is 10.2 Å². The minimum atomic E-state index is 0. The van der Waals surface area contributed by atoms with E-state index < -0.39 is 0 Å². The predicted octanol–water partition coefficient (Wildman–Crippen LogP) is 3.42. The highest BCUT2D eigenvalue weighted by Crippen LogP contribution is 2.29. The van der Waals surface area contributed by atoms with Crippen molar-refractivity contribution in [2.45, 2.75) is 48.7 Å². The SMILES string of the molecule is CN(CCSc1ccccc1)C1CC2CCC(C1)N2.Cl. The number of nitrogens with one attached hydrogen (secondary N) is 1. The van der Waals surface area contributed by atoms with Gasteiger partial charge in [0.25, 0.3) is 0 Å². The minimum absolute atomic E-state index is 0. The van der Waals surface area contributed by atoms with E-state index >= 15 is 0 Å². The van der Waals surface area contributed by atoms with Crippen LogP contribution in [0.2, 0.25) is 0 Å². The molecule has 2 nitrogen and oxygen atoms in total. The van der Waals surface area contributed by atoms with Gasteiger partial charge in [-0.05, 0) is 44.9 Å². The highest BCUT2D eigenvalue weighted by atomic mass is 35.5. The van der Waals surface area contributed by atoms with Crippen molar-refractivity contribution in [2.75, 3.05) is 19.3 Å². The zero-order valence-electron chi connectivity index (χ0n) is 12.1. The van der Waals surface area contributed by atoms with Crippen LogP contribution in [0.3, 0.4) is 0 Å². The van der Waals surface area contributed by atoms with Crippen molar-refractivity contribution in [3.63, 3.8) is 0 Å². The molecule has 2 aliphatic heterocycles. The molecule has 0 radical (unpaired) electrons. The Balaban J connectivity index is 0.00000147. The Kier molecular flexibility index (Phi) is 6.21. The summed E-state index contributed by atoms with van der Waals surface area (Å²) in [4.78, 5) is 3.98. The molecule has 2 bridgehead atoms. The maximum absolute atomic E-state index is 3.73. The van der Waals surface area contributed by atoms with Crippen molar-refractivity contribution >= 4 is 24.2 Å². The molecular weight excluding hydrogens is 288 g/mol. The third-order valence-corrected chi connectivity index (χ3v) is 5.52. The van der Waals surface area contributed by atoms with Crippen molar-refractivity contribution < 1.29 is 0 Å². The maximum atomic E-state index is 3.73. The summed E-state index contributed by atoms with van der Waals surface area (Å²) in [7, 11) is 2.31. The van der Waals surface area contributed by atoms with Crippen LogP contribution in [-0.2, 0) is 0 Å². The van der Waals surface area contributed by atoms with Crippen LogP contribution in [0.15, 0.2) is 35.2 Å². The van der Waals surface area contributed by atoms with Crippen LogP contribution in [-0.4, -0.2) is 42.4 Å². The molecule has 2 saturated heterocycles. The standard InChI is InChI=1S/C16H24N2S.ClH/c1-18(9-10-19-16-5-3-2-4-6-16)15-11-13-7-8-14(12-15)17-13;/h2-6,13-15,17H,7-12H2,1H3;1H. The van der Waals surface area contributed by atoms with E-state index in [1.165, 1.54) is 42.9 Å². The first-order chi connectivity index (χ1) is 9.31. The predicted molar refractivity (Wildman–Crippen MR) is 90.0 cm³/mol. The Labute approximate surface area is 133 Å². The molecule has 0 saturated carbocycles. The third-order valence-electron chi connectivity index (χ3n) is 4.53. The van der Waals surface area contributed by atoms with Gasteiger partial charge in [0.05, 0.1) is 0 Å². The fourth-order valence-corrected chi connectivity index (χ4v) is 4.36. The van der Waals surface area contributed by atoms with Crippen molar-refractivity contribution in [3.05, 3.63) is 30.3 Å². The van der Waals surface area contributed by atoms with Gasteiger partial charge in [-0.2, -0.15) is 0 Å². The second kappa shape index (κ2) is 7.69. The van der Waals surface area contributed by atoms with E-state index in [1.807, 2.05) is 11.8 Å². The quantitative estimate of drug-likeness (QED) is 0.839. The molecule has 2 unspecified atom stereocenters. The second-order valence-electron chi connectivity index (χ2n) is 5.91. The topological polar surface area (TPSA) is 15.3 Å². The fraction of sp³-hybridized carbons (Fsp3) is 0.625. The molecule has 2 heterocycles. The Morgan fingerprint density at radius 3 is 2.45 bits per heavy atom. The summed E-state index contributed by atoms with van der Waals surface area (Å²) < 4.78 is 0. The number of benzene rings is 1. The molecule has 1 aromatic rings. The molecule has 0 aromatic heterocycles. The smallest absolute Gasteiger partial charge is 0.0122 e. The molecule has 20 heavy (non-hydrogen) atoms. The number of rotatable bonds is 5. The highest BCUT2D eigenvalue weighted by molar-refractivity contribution is 7.99. The maximum Gasteiger partial charge on any atom is 0.0122 e. The Hall–Kier alpha value is -0.220. The van der Waals surface area contributed by atoms with Crippen LogP contribution < -0.4 is 5.32 Å². The zero-order valence-corrected chi connectivity index (χ0v) is 13.8. The summed E-state index contributed by atoms with van der Waals surface area (Å²) >= 11 is 1.97. The molecule has 0 amide bonds. The molecule has 2 aliphatic rings. The van der Waals surface area contributed by atoms with Crippen LogP contribution in [0.5, 0.6) is 0 Å². The molecule has 112 valence electrons. The lowest BCUT2D eigenvalue weighted by Gasteiger charge is -2.35. The van der Waals surface area contributed by atoms with Crippen LogP contribution in [0.25, 0.3) is 0 Å². The van der Waals surface area contributed by atoms with Gasteiger partial charge >= 0.3 is 0 Å². The first kappa shape index (κ1) is 16.2. The molecule has 3 rings (SSSR count). The Bertz CT molecular complexity index is 389. The van der Waals surface area contributed by atoms with E-state index in [9.17, 15) is 0 Å². The van der Waals surface area contributed by atoms with E-state index in [0.29, 0.717) is 0 Å². The van der Waals surface area contributed by atoms with Gasteiger partial charge in [-0.25, -0.2) is 0 Å². The van der Waals surface area contributed by atoms with Crippen molar-refractivity contribution in [2.24, 2.45) is 0 Å². The number of fused-ring (bicyclic) bond motifs is 2. The average Bonchev–Trinajstić information content (AvgIpc) is 2.78. The van der Waals surface area contributed by atoms with E-state index in [4.69, 9.17) is 0 Å². The van der Waals surface area contributed by atoms with Crippen LogP contribution >= 0.6 is 24.2 Å². The van der Waals surface area contributed by atoms with Crippen molar-refractivity contribution in [1.82, 2.24) is 10.2 Å². The summed E-state index contributed by atoms with van der Waals surface area (Å²) in [5, 5.41) is 3.73. The minimum Gasteiger partial charge on any atom is -0.311 e. The van der Waals surface area contributed by atoms with Crippen LogP contribution in [0.4, 0.5) is 0 Å². The fourth-order valence-electron chi connectivity index (χ4n) is 3.39. The molecule has 2 atom stereocenters. The number of hydrogen-bond donors (Lipinski definition) is 1. The lowest BCUT2D eigenvalue weighted by Crippen LogP contribution is -2.47. The lowest BCUT2D eigenvalue weighted by molar-refractivity contribution is 0.181. The van der Waals surface area contributed by atoms with Crippen LogP contribution in [0, 0.1) is 0 Å². The second-order valence-corrected chi connectivity index (χ2v) is 7.07. The normalized spacial score (nSPS) is 28.4. The number of piperidine rings is 1. The summed E-state index contributed by atoms with van der Waals surface area (Å²) in [5.74, 6) is 1.19. The van der Waals surface area contributed by atoms with Gasteiger partial charge in [-0.1, -0.05) is 18.2 Å². The van der Waals surface area contributed by atoms with Gasteiger partial charge in [-0.15, -0.1) is 24.2 Å². The van der Waals surface area contributed by atoms with Gasteiger partial charge in [0.1, 0.15) is 0 Å². The monoisotopic (exact) mass is 312 g/mol. The zero-order chi connectivity index (χ0) is 13.1. The van der Waals surface area contributed by atoms with Crippen molar-refractivity contribution in [3.8, 4) is 0 Å². The summed E-state index contributed by atoms with van der Waals surface area (Å²) in [5.41, 5.74) is 0. The summed E-state index contributed by atoms with van der Waals surface area (Å²) in [6.45, 7) is 1.20. The number of thioether (sulfide) groups is 1. The van der Waals surface area contributed by atoms with E-state index in [2.05, 4.69) is 47.6 Å². The highest BCUT2D eigenvalue weighted by Gasteiger charge is 2.34. The number of halogens is 1. The largest absolute Gasteiger partial charge is 0.311 e. The first-order valence-corrected chi connectivity index (χ1v) is 8.44. The number of hydrogen-bond acceptors (Lipinski definition) is 3. The van der Waals surface area contributed by atoms with Crippen LogP contribution in [0.1, 0.15) is 25.7 Å². The Morgan fingerprint density at radius 2 is 1.80 bits per heavy atom. The Morgan fingerprint density at radius 1 is 1.15 bits per heavy atom.